The fraction of sp³-hybridized carbons (Fsp3) is 0.385. The molecular formula is C13H15F3N2O3. The first-order valence-corrected chi connectivity index (χ1v) is 6.12. The Hall–Kier alpha value is -2.25. The number of anilines is 1. The monoisotopic (exact) mass is 304 g/mol. The highest BCUT2D eigenvalue weighted by Crippen LogP contribution is 2.31. The molecule has 0 unspecified atom stereocenters. The van der Waals surface area contributed by atoms with Gasteiger partial charge in [-0.05, 0) is 32.0 Å². The molecule has 0 aromatic heterocycles. The van der Waals surface area contributed by atoms with E-state index in [0.717, 1.165) is 12.1 Å². The Morgan fingerprint density at radius 3 is 2.48 bits per heavy atom. The van der Waals surface area contributed by atoms with Crippen LogP contribution < -0.4 is 11.1 Å². The summed E-state index contributed by atoms with van der Waals surface area (Å²) in [4.78, 5) is 23.2. The maximum Gasteiger partial charge on any atom is 0.416 e. The van der Waals surface area contributed by atoms with Crippen LogP contribution in [0.15, 0.2) is 18.2 Å². The average Bonchev–Trinajstić information content (AvgIpc) is 2.37. The number of hydrogen-bond donors (Lipinski definition) is 2. The van der Waals surface area contributed by atoms with Crippen LogP contribution in [0.1, 0.15) is 29.8 Å². The number of hydrogen-bond acceptors (Lipinski definition) is 4. The molecule has 1 aromatic rings. The van der Waals surface area contributed by atoms with Crippen molar-refractivity contribution in [2.24, 2.45) is 0 Å². The molecule has 1 aromatic carbocycles. The van der Waals surface area contributed by atoms with Crippen molar-refractivity contribution in [1.29, 1.82) is 0 Å². The van der Waals surface area contributed by atoms with Crippen LogP contribution in [0, 0.1) is 0 Å². The number of benzene rings is 1. The van der Waals surface area contributed by atoms with Gasteiger partial charge in [-0.25, -0.2) is 4.79 Å². The van der Waals surface area contributed by atoms with Gasteiger partial charge in [0.15, 0.2) is 6.10 Å². The number of nitrogens with two attached hydrogens (primary N) is 1. The third kappa shape index (κ3) is 4.37. The molecule has 116 valence electrons. The Kier molecular flexibility index (Phi) is 5.17. The SMILES string of the molecule is CCNC(=O)[C@@H](C)OC(=O)c1ccc(C(F)(F)F)cc1N. The van der Waals surface area contributed by atoms with Crippen molar-refractivity contribution in [3.05, 3.63) is 29.3 Å². The first-order chi connectivity index (χ1) is 9.66. The van der Waals surface area contributed by atoms with Crippen LogP contribution in [-0.2, 0) is 15.7 Å². The van der Waals surface area contributed by atoms with Crippen molar-refractivity contribution in [3.8, 4) is 0 Å². The minimum absolute atomic E-state index is 0.223. The van der Waals surface area contributed by atoms with Gasteiger partial charge in [0.25, 0.3) is 5.91 Å². The zero-order valence-corrected chi connectivity index (χ0v) is 11.5. The molecular weight excluding hydrogens is 289 g/mol. The van der Waals surface area contributed by atoms with Crippen LogP contribution in [0.25, 0.3) is 0 Å². The summed E-state index contributed by atoms with van der Waals surface area (Å²) >= 11 is 0. The highest BCUT2D eigenvalue weighted by molar-refractivity contribution is 5.96. The van der Waals surface area contributed by atoms with Gasteiger partial charge in [-0.3, -0.25) is 4.79 Å². The zero-order valence-electron chi connectivity index (χ0n) is 11.5. The van der Waals surface area contributed by atoms with E-state index in [0.29, 0.717) is 12.6 Å². The molecule has 0 bridgehead atoms. The lowest BCUT2D eigenvalue weighted by Crippen LogP contribution is -2.35. The van der Waals surface area contributed by atoms with Gasteiger partial charge < -0.3 is 15.8 Å². The van der Waals surface area contributed by atoms with E-state index in [1.54, 1.807) is 6.92 Å². The summed E-state index contributed by atoms with van der Waals surface area (Å²) in [6.07, 6.45) is -5.62. The predicted octanol–water partition coefficient (Wildman–Crippen LogP) is 1.97. The lowest BCUT2D eigenvalue weighted by molar-refractivity contribution is -0.137. The standard InChI is InChI=1S/C13H15F3N2O3/c1-3-18-11(19)7(2)21-12(20)9-5-4-8(6-10(9)17)13(14,15)16/h4-7H,3,17H2,1-2H3,(H,18,19)/t7-/m1/s1. The summed E-state index contributed by atoms with van der Waals surface area (Å²) in [6.45, 7) is 3.41. The Morgan fingerprint density at radius 2 is 2.00 bits per heavy atom. The first kappa shape index (κ1) is 16.8. The van der Waals surface area contributed by atoms with E-state index in [-0.39, 0.29) is 11.3 Å². The molecule has 1 rings (SSSR count). The number of esters is 1. The molecule has 21 heavy (non-hydrogen) atoms. The van der Waals surface area contributed by atoms with E-state index in [1.165, 1.54) is 6.92 Å². The molecule has 5 nitrogen and oxygen atoms in total. The second-order valence-corrected chi connectivity index (χ2v) is 4.24. The fourth-order valence-electron chi connectivity index (χ4n) is 1.52. The summed E-state index contributed by atoms with van der Waals surface area (Å²) in [5.41, 5.74) is 3.88. The molecule has 0 heterocycles. The quantitative estimate of drug-likeness (QED) is 0.658. The summed E-state index contributed by atoms with van der Waals surface area (Å²) in [5, 5.41) is 2.45. The second kappa shape index (κ2) is 6.47. The molecule has 0 aliphatic carbocycles. The number of nitrogens with one attached hydrogen (secondary N) is 1. The lowest BCUT2D eigenvalue weighted by Gasteiger charge is -2.14. The highest BCUT2D eigenvalue weighted by Gasteiger charge is 2.31. The Bertz CT molecular complexity index is 544. The minimum atomic E-state index is -4.55. The third-order valence-electron chi connectivity index (χ3n) is 2.60. The van der Waals surface area contributed by atoms with Crippen molar-refractivity contribution in [2.75, 3.05) is 12.3 Å². The normalized spacial score (nSPS) is 12.6. The number of halogens is 3. The van der Waals surface area contributed by atoms with Gasteiger partial charge in [-0.1, -0.05) is 0 Å². The first-order valence-electron chi connectivity index (χ1n) is 6.12. The van der Waals surface area contributed by atoms with Crippen molar-refractivity contribution < 1.29 is 27.5 Å². The smallest absolute Gasteiger partial charge is 0.416 e. The predicted molar refractivity (Wildman–Crippen MR) is 69.4 cm³/mol. The van der Waals surface area contributed by atoms with Crippen LogP contribution in [0.5, 0.6) is 0 Å². The molecule has 0 aliphatic heterocycles. The summed E-state index contributed by atoms with van der Waals surface area (Å²) in [7, 11) is 0. The summed E-state index contributed by atoms with van der Waals surface area (Å²) < 4.78 is 42.3. The van der Waals surface area contributed by atoms with Crippen LogP contribution in [0.3, 0.4) is 0 Å². The highest BCUT2D eigenvalue weighted by atomic mass is 19.4. The van der Waals surface area contributed by atoms with Crippen molar-refractivity contribution >= 4 is 17.6 Å². The van der Waals surface area contributed by atoms with Crippen molar-refractivity contribution in [3.63, 3.8) is 0 Å². The van der Waals surface area contributed by atoms with E-state index in [2.05, 4.69) is 5.32 Å². The molecule has 0 fully saturated rings. The Balaban J connectivity index is 2.87. The number of rotatable bonds is 4. The van der Waals surface area contributed by atoms with Gasteiger partial charge in [0, 0.05) is 12.2 Å². The van der Waals surface area contributed by atoms with E-state index in [4.69, 9.17) is 10.5 Å². The zero-order chi connectivity index (χ0) is 16.2. The fourth-order valence-corrected chi connectivity index (χ4v) is 1.52. The maximum absolute atomic E-state index is 12.5. The Morgan fingerprint density at radius 1 is 1.38 bits per heavy atom. The maximum atomic E-state index is 12.5. The van der Waals surface area contributed by atoms with Gasteiger partial charge in [-0.15, -0.1) is 0 Å². The molecule has 0 aliphatic rings. The topological polar surface area (TPSA) is 81.4 Å². The number of carbonyl (C=O) groups excluding carboxylic acids is 2. The van der Waals surface area contributed by atoms with Gasteiger partial charge in [0.2, 0.25) is 0 Å². The van der Waals surface area contributed by atoms with E-state index >= 15 is 0 Å². The molecule has 0 radical (unpaired) electrons. The minimum Gasteiger partial charge on any atom is -0.449 e. The summed E-state index contributed by atoms with van der Waals surface area (Å²) in [6, 6.07) is 2.29. The lowest BCUT2D eigenvalue weighted by atomic mass is 10.1. The van der Waals surface area contributed by atoms with Gasteiger partial charge in [0.05, 0.1) is 11.1 Å². The largest absolute Gasteiger partial charge is 0.449 e. The van der Waals surface area contributed by atoms with E-state index in [1.807, 2.05) is 0 Å². The van der Waals surface area contributed by atoms with Crippen LogP contribution in [-0.4, -0.2) is 24.5 Å². The van der Waals surface area contributed by atoms with Crippen LogP contribution >= 0.6 is 0 Å². The number of carbonyl (C=O) groups is 2. The van der Waals surface area contributed by atoms with Crippen molar-refractivity contribution in [1.82, 2.24) is 5.32 Å². The number of alkyl halides is 3. The third-order valence-corrected chi connectivity index (χ3v) is 2.60. The van der Waals surface area contributed by atoms with Gasteiger partial charge >= 0.3 is 12.1 Å². The van der Waals surface area contributed by atoms with E-state index < -0.39 is 29.7 Å². The molecule has 3 N–H and O–H groups in total. The summed E-state index contributed by atoms with van der Waals surface area (Å²) in [5.74, 6) is -1.46. The van der Waals surface area contributed by atoms with Crippen LogP contribution in [0.2, 0.25) is 0 Å². The molecule has 0 saturated carbocycles. The number of ether oxygens (including phenoxy) is 1. The molecule has 8 heteroatoms. The van der Waals surface area contributed by atoms with Gasteiger partial charge in [-0.2, -0.15) is 13.2 Å². The molecule has 1 atom stereocenters. The second-order valence-electron chi connectivity index (χ2n) is 4.24. The molecule has 0 saturated heterocycles. The molecule has 0 spiro atoms. The van der Waals surface area contributed by atoms with Crippen LogP contribution in [0.4, 0.5) is 18.9 Å². The number of amides is 1. The average molecular weight is 304 g/mol. The Labute approximate surface area is 119 Å². The molecule has 1 amide bonds. The van der Waals surface area contributed by atoms with Crippen molar-refractivity contribution in [2.45, 2.75) is 26.1 Å². The number of nitrogen functional groups attached to an aromatic ring is 1. The van der Waals surface area contributed by atoms with Gasteiger partial charge in [0.1, 0.15) is 0 Å². The number of likely N-dealkylation sites (N-methyl/N-ethyl adjacent to an activating group) is 1. The van der Waals surface area contributed by atoms with E-state index in [9.17, 15) is 22.8 Å².